The van der Waals surface area contributed by atoms with Crippen molar-refractivity contribution in [3.05, 3.63) is 223 Å². The smallest absolute Gasteiger partial charge is 0.0465 e. The van der Waals surface area contributed by atoms with E-state index in [9.17, 15) is 0 Å². The Labute approximate surface area is 340 Å². The van der Waals surface area contributed by atoms with Gasteiger partial charge in [-0.05, 0) is 136 Å². The second kappa shape index (κ2) is 13.5. The van der Waals surface area contributed by atoms with E-state index in [1.807, 2.05) is 0 Å². The molecular weight excluding hydrogens is 699 g/mol. The monoisotopic (exact) mass is 739 g/mol. The maximum atomic E-state index is 2.42. The van der Waals surface area contributed by atoms with Crippen LogP contribution in [0.1, 0.15) is 25.0 Å². The van der Waals surface area contributed by atoms with Crippen LogP contribution in [0.15, 0.2) is 212 Å². The van der Waals surface area contributed by atoms with Crippen LogP contribution in [0.3, 0.4) is 0 Å². The van der Waals surface area contributed by atoms with E-state index in [4.69, 9.17) is 0 Å². The van der Waals surface area contributed by atoms with E-state index < -0.39 is 0 Å². The lowest BCUT2D eigenvalue weighted by atomic mass is 9.82. The molecule has 1 aliphatic carbocycles. The zero-order chi connectivity index (χ0) is 38.8. The number of fused-ring (bicyclic) bond motifs is 7. The highest BCUT2D eigenvalue weighted by atomic mass is 15.1. The molecule has 0 amide bonds. The van der Waals surface area contributed by atoms with Crippen LogP contribution in [0.4, 0.5) is 17.1 Å². The fourth-order valence-electron chi connectivity index (χ4n) is 9.42. The summed E-state index contributed by atoms with van der Waals surface area (Å²) in [5.74, 6) is 0. The second-order valence-corrected chi connectivity index (χ2v) is 16.2. The van der Waals surface area contributed by atoms with Gasteiger partial charge in [0.25, 0.3) is 0 Å². The van der Waals surface area contributed by atoms with Crippen LogP contribution >= 0.6 is 0 Å². The fourth-order valence-corrected chi connectivity index (χ4v) is 9.42. The minimum Gasteiger partial charge on any atom is -0.310 e. The van der Waals surface area contributed by atoms with Crippen LogP contribution in [0.25, 0.3) is 76.8 Å². The molecule has 0 heterocycles. The molecular formula is C57H41N. The molecule has 0 bridgehead atoms. The van der Waals surface area contributed by atoms with E-state index in [-0.39, 0.29) is 5.41 Å². The van der Waals surface area contributed by atoms with Gasteiger partial charge in [-0.2, -0.15) is 0 Å². The summed E-state index contributed by atoms with van der Waals surface area (Å²) in [7, 11) is 0. The van der Waals surface area contributed by atoms with E-state index in [1.54, 1.807) is 0 Å². The number of anilines is 3. The summed E-state index contributed by atoms with van der Waals surface area (Å²) < 4.78 is 0. The summed E-state index contributed by atoms with van der Waals surface area (Å²) in [4.78, 5) is 2.41. The average Bonchev–Trinajstić information content (AvgIpc) is 3.51. The van der Waals surface area contributed by atoms with E-state index in [2.05, 4.69) is 231 Å². The second-order valence-electron chi connectivity index (χ2n) is 16.2. The summed E-state index contributed by atoms with van der Waals surface area (Å²) in [6.07, 6.45) is 0. The summed E-state index contributed by atoms with van der Waals surface area (Å²) in [6.45, 7) is 4.71. The quantitative estimate of drug-likeness (QED) is 0.154. The third-order valence-electron chi connectivity index (χ3n) is 12.5. The SMILES string of the molecule is CC1(C)c2ccccc2-c2ccc(N(c3ccc(-c4cccc(-c5cccc6ccccc56)c4)cc3)c3ccc(-c4ccc5c(ccc6ccccc65)c4)cc3)cc21. The highest BCUT2D eigenvalue weighted by Gasteiger charge is 2.35. The number of hydrogen-bond donors (Lipinski definition) is 0. The van der Waals surface area contributed by atoms with Crippen molar-refractivity contribution in [1.29, 1.82) is 0 Å². The molecule has 0 spiro atoms. The molecule has 10 aromatic carbocycles. The first kappa shape index (κ1) is 34.1. The molecule has 0 radical (unpaired) electrons. The molecule has 58 heavy (non-hydrogen) atoms. The van der Waals surface area contributed by atoms with Crippen LogP contribution in [0.2, 0.25) is 0 Å². The Morgan fingerprint density at radius 1 is 0.293 bits per heavy atom. The van der Waals surface area contributed by atoms with Crippen molar-refractivity contribution < 1.29 is 0 Å². The minimum atomic E-state index is -0.0994. The fraction of sp³-hybridized carbons (Fsp3) is 0.0526. The van der Waals surface area contributed by atoms with Gasteiger partial charge in [0.15, 0.2) is 0 Å². The van der Waals surface area contributed by atoms with Gasteiger partial charge < -0.3 is 4.90 Å². The van der Waals surface area contributed by atoms with Crippen LogP contribution in [-0.2, 0) is 5.41 Å². The molecule has 1 heteroatoms. The van der Waals surface area contributed by atoms with Gasteiger partial charge in [0.05, 0.1) is 0 Å². The maximum Gasteiger partial charge on any atom is 0.0465 e. The van der Waals surface area contributed by atoms with Crippen LogP contribution in [0.5, 0.6) is 0 Å². The van der Waals surface area contributed by atoms with Crippen LogP contribution < -0.4 is 4.90 Å². The normalized spacial score (nSPS) is 12.8. The molecule has 0 aromatic heterocycles. The van der Waals surface area contributed by atoms with E-state index in [1.165, 1.54) is 88.0 Å². The highest BCUT2D eigenvalue weighted by Crippen LogP contribution is 2.50. The standard InChI is InChI=1S/C57H41N/c1-57(2)55-20-8-7-18-53(55)54-34-32-48(37-56(54)57)58(47-30-25-39(26-31-47)43-27-33-52-45(36-43)22-21-41-12-4-6-17-50(41)52)46-28-23-38(24-29-46)42-14-9-15-44(35-42)51-19-10-13-40-11-3-5-16-49(40)51/h3-37H,1-2H3. The van der Waals surface area contributed by atoms with Crippen molar-refractivity contribution >= 4 is 49.4 Å². The van der Waals surface area contributed by atoms with Gasteiger partial charge in [-0.1, -0.05) is 178 Å². The lowest BCUT2D eigenvalue weighted by molar-refractivity contribution is 0.660. The Balaban J connectivity index is 0.983. The molecule has 0 aliphatic heterocycles. The summed E-state index contributed by atoms with van der Waals surface area (Å²) in [6, 6.07) is 78.2. The lowest BCUT2D eigenvalue weighted by Gasteiger charge is -2.28. The van der Waals surface area contributed by atoms with Crippen molar-refractivity contribution in [1.82, 2.24) is 0 Å². The van der Waals surface area contributed by atoms with Crippen molar-refractivity contribution in [3.63, 3.8) is 0 Å². The summed E-state index contributed by atoms with van der Waals surface area (Å²) in [5, 5.41) is 7.64. The molecule has 274 valence electrons. The van der Waals surface area contributed by atoms with Crippen molar-refractivity contribution in [2.24, 2.45) is 0 Å². The van der Waals surface area contributed by atoms with Crippen LogP contribution in [-0.4, -0.2) is 0 Å². The van der Waals surface area contributed by atoms with E-state index in [0.29, 0.717) is 0 Å². The predicted octanol–water partition coefficient (Wildman–Crippen LogP) is 15.9. The first-order valence-electron chi connectivity index (χ1n) is 20.2. The van der Waals surface area contributed by atoms with Gasteiger partial charge in [-0.15, -0.1) is 0 Å². The zero-order valence-corrected chi connectivity index (χ0v) is 32.7. The van der Waals surface area contributed by atoms with Gasteiger partial charge in [-0.25, -0.2) is 0 Å². The molecule has 10 aromatic rings. The van der Waals surface area contributed by atoms with Crippen molar-refractivity contribution in [3.8, 4) is 44.5 Å². The number of benzene rings is 10. The molecule has 0 N–H and O–H groups in total. The van der Waals surface area contributed by atoms with E-state index in [0.717, 1.165) is 17.1 Å². The first-order chi connectivity index (χ1) is 28.5. The molecule has 0 atom stereocenters. The number of rotatable bonds is 6. The minimum absolute atomic E-state index is 0.0994. The Bertz CT molecular complexity index is 3180. The molecule has 0 fully saturated rings. The Morgan fingerprint density at radius 2 is 0.810 bits per heavy atom. The van der Waals surface area contributed by atoms with Gasteiger partial charge in [0.1, 0.15) is 0 Å². The molecule has 1 aliphatic rings. The largest absolute Gasteiger partial charge is 0.310 e. The number of nitrogens with zero attached hydrogens (tertiary/aromatic N) is 1. The molecule has 0 unspecified atom stereocenters. The predicted molar refractivity (Wildman–Crippen MR) is 248 cm³/mol. The lowest BCUT2D eigenvalue weighted by Crippen LogP contribution is -2.16. The third-order valence-corrected chi connectivity index (χ3v) is 12.5. The Hall–Kier alpha value is -7.22. The number of hydrogen-bond acceptors (Lipinski definition) is 1. The molecule has 0 saturated carbocycles. The summed E-state index contributed by atoms with van der Waals surface area (Å²) >= 11 is 0. The van der Waals surface area contributed by atoms with Gasteiger partial charge in [-0.3, -0.25) is 0 Å². The third kappa shape index (κ3) is 5.62. The summed E-state index contributed by atoms with van der Waals surface area (Å²) in [5.41, 5.74) is 16.0. The molecule has 1 nitrogen and oxygen atoms in total. The van der Waals surface area contributed by atoms with Gasteiger partial charge in [0.2, 0.25) is 0 Å². The van der Waals surface area contributed by atoms with E-state index >= 15 is 0 Å². The van der Waals surface area contributed by atoms with Gasteiger partial charge >= 0.3 is 0 Å². The maximum absolute atomic E-state index is 2.42. The van der Waals surface area contributed by atoms with Crippen molar-refractivity contribution in [2.45, 2.75) is 19.3 Å². The topological polar surface area (TPSA) is 3.24 Å². The average molecular weight is 740 g/mol. The molecule has 11 rings (SSSR count). The highest BCUT2D eigenvalue weighted by molar-refractivity contribution is 6.08. The molecule has 0 saturated heterocycles. The van der Waals surface area contributed by atoms with Crippen LogP contribution in [0, 0.1) is 0 Å². The van der Waals surface area contributed by atoms with Gasteiger partial charge in [0, 0.05) is 22.5 Å². The Morgan fingerprint density at radius 3 is 1.59 bits per heavy atom. The zero-order valence-electron chi connectivity index (χ0n) is 32.7. The first-order valence-corrected chi connectivity index (χ1v) is 20.2. The van der Waals surface area contributed by atoms with Crippen molar-refractivity contribution in [2.75, 3.05) is 4.90 Å². The Kier molecular flexibility index (Phi) is 7.91.